The first-order chi connectivity index (χ1) is 12.1. The number of H-pyrrole nitrogens is 1. The molecule has 2 aromatic heterocycles. The van der Waals surface area contributed by atoms with Gasteiger partial charge < -0.3 is 20.3 Å². The number of aliphatic carboxylic acids is 2. The number of carbonyl (C=O) groups is 2. The van der Waals surface area contributed by atoms with Gasteiger partial charge in [-0.25, -0.2) is 0 Å². The maximum atomic E-state index is 12.4. The number of carboxylic acids is 2. The van der Waals surface area contributed by atoms with Crippen LogP contribution in [0.25, 0.3) is 0 Å². The summed E-state index contributed by atoms with van der Waals surface area (Å²) in [7, 11) is 0. The number of aryl methyl sites for hydroxylation is 3. The van der Waals surface area contributed by atoms with Crippen LogP contribution in [0.15, 0.2) is 10.9 Å². The highest BCUT2D eigenvalue weighted by molar-refractivity contribution is 5.70. The molecule has 4 N–H and O–H groups in total. The summed E-state index contributed by atoms with van der Waals surface area (Å²) in [5, 5.41) is 32.7. The molecule has 9 heteroatoms. The zero-order valence-corrected chi connectivity index (χ0v) is 14.7. The topological polar surface area (TPSA) is 146 Å². The predicted molar refractivity (Wildman–Crippen MR) is 91.5 cm³/mol. The Labute approximate surface area is 148 Å². The van der Waals surface area contributed by atoms with Gasteiger partial charge in [0.05, 0.1) is 30.6 Å². The molecule has 0 amide bonds. The number of nitrogens with zero attached hydrogens (tertiary/aromatic N) is 2. The molecule has 2 heterocycles. The van der Waals surface area contributed by atoms with Crippen LogP contribution in [0.5, 0.6) is 5.75 Å². The average molecular weight is 363 g/mol. The Kier molecular flexibility index (Phi) is 5.49. The maximum absolute atomic E-state index is 12.4. The van der Waals surface area contributed by atoms with Crippen molar-refractivity contribution in [3.8, 4) is 5.75 Å². The van der Waals surface area contributed by atoms with Gasteiger partial charge in [0.15, 0.2) is 0 Å². The standard InChI is InChI=1S/C17H21N3O6/c1-8-6-12(21)16(17(26)18-8)11(7-14(24)25)15-9(2)19-20(10(15)3)5-4-13(22)23/h6,11H,4-5,7H2,1-3H3,(H,22,23)(H,24,25)(H2,18,21,26)/t11-/m0/s1. The van der Waals surface area contributed by atoms with Gasteiger partial charge in [0.2, 0.25) is 0 Å². The summed E-state index contributed by atoms with van der Waals surface area (Å²) in [6.07, 6.45) is -0.548. The molecule has 0 saturated carbocycles. The minimum Gasteiger partial charge on any atom is -0.507 e. The van der Waals surface area contributed by atoms with E-state index in [0.717, 1.165) is 0 Å². The molecule has 0 fully saturated rings. The molecule has 0 aliphatic carbocycles. The fraction of sp³-hybridized carbons (Fsp3) is 0.412. The Morgan fingerprint density at radius 1 is 1.19 bits per heavy atom. The third kappa shape index (κ3) is 3.93. The molecule has 0 aromatic carbocycles. The molecule has 0 saturated heterocycles. The minimum atomic E-state index is -1.13. The smallest absolute Gasteiger partial charge is 0.305 e. The van der Waals surface area contributed by atoms with E-state index in [-0.39, 0.29) is 24.3 Å². The highest BCUT2D eigenvalue weighted by Crippen LogP contribution is 2.35. The van der Waals surface area contributed by atoms with Crippen molar-refractivity contribution < 1.29 is 24.9 Å². The zero-order valence-electron chi connectivity index (χ0n) is 14.7. The monoisotopic (exact) mass is 363 g/mol. The Bertz CT molecular complexity index is 912. The second kappa shape index (κ2) is 7.42. The Morgan fingerprint density at radius 2 is 1.85 bits per heavy atom. The summed E-state index contributed by atoms with van der Waals surface area (Å²) in [6, 6.07) is 1.37. The van der Waals surface area contributed by atoms with Gasteiger partial charge in [-0.1, -0.05) is 0 Å². The lowest BCUT2D eigenvalue weighted by Gasteiger charge is -2.17. The quantitative estimate of drug-likeness (QED) is 0.579. The molecular weight excluding hydrogens is 342 g/mol. The van der Waals surface area contributed by atoms with Crippen LogP contribution in [0.1, 0.15) is 47.0 Å². The van der Waals surface area contributed by atoms with Crippen molar-refractivity contribution in [3.63, 3.8) is 0 Å². The van der Waals surface area contributed by atoms with Gasteiger partial charge >= 0.3 is 11.9 Å². The Morgan fingerprint density at radius 3 is 2.38 bits per heavy atom. The summed E-state index contributed by atoms with van der Waals surface area (Å²) < 4.78 is 1.48. The van der Waals surface area contributed by atoms with Crippen LogP contribution in [0, 0.1) is 20.8 Å². The molecule has 0 radical (unpaired) electrons. The second-order valence-corrected chi connectivity index (χ2v) is 6.18. The van der Waals surface area contributed by atoms with E-state index >= 15 is 0 Å². The number of carboxylic acid groups (broad SMARTS) is 2. The van der Waals surface area contributed by atoms with Crippen molar-refractivity contribution in [1.82, 2.24) is 14.8 Å². The number of pyridine rings is 1. The van der Waals surface area contributed by atoms with Gasteiger partial charge in [0.25, 0.3) is 5.56 Å². The van der Waals surface area contributed by atoms with Crippen molar-refractivity contribution >= 4 is 11.9 Å². The normalized spacial score (nSPS) is 12.1. The molecule has 2 aromatic rings. The van der Waals surface area contributed by atoms with Gasteiger partial charge in [0.1, 0.15) is 5.75 Å². The molecule has 0 unspecified atom stereocenters. The van der Waals surface area contributed by atoms with Crippen molar-refractivity contribution in [2.24, 2.45) is 0 Å². The van der Waals surface area contributed by atoms with Crippen LogP contribution in [0.2, 0.25) is 0 Å². The largest absolute Gasteiger partial charge is 0.507 e. The predicted octanol–water partition coefficient (Wildman–Crippen LogP) is 1.28. The molecular formula is C17H21N3O6. The molecule has 0 aliphatic rings. The van der Waals surface area contributed by atoms with E-state index in [9.17, 15) is 24.6 Å². The van der Waals surface area contributed by atoms with E-state index in [1.165, 1.54) is 10.7 Å². The highest BCUT2D eigenvalue weighted by atomic mass is 16.4. The summed E-state index contributed by atoms with van der Waals surface area (Å²) in [4.78, 5) is 37.2. The first kappa shape index (κ1) is 19.2. The van der Waals surface area contributed by atoms with Gasteiger partial charge in [-0.15, -0.1) is 0 Å². The SMILES string of the molecule is Cc1cc(O)c([C@@H](CC(=O)O)c2c(C)nn(CCC(=O)O)c2C)c(=O)[nH]1. The average Bonchev–Trinajstić information content (AvgIpc) is 2.77. The third-order valence-electron chi connectivity index (χ3n) is 4.24. The molecule has 2 rings (SSSR count). The van der Waals surface area contributed by atoms with Crippen LogP contribution in [0.3, 0.4) is 0 Å². The van der Waals surface area contributed by atoms with Crippen LogP contribution >= 0.6 is 0 Å². The first-order valence-corrected chi connectivity index (χ1v) is 8.02. The number of nitrogens with one attached hydrogen (secondary N) is 1. The minimum absolute atomic E-state index is 0.0398. The van der Waals surface area contributed by atoms with E-state index in [4.69, 9.17) is 5.11 Å². The lowest BCUT2D eigenvalue weighted by atomic mass is 9.87. The molecule has 0 spiro atoms. The number of rotatable bonds is 7. The third-order valence-corrected chi connectivity index (χ3v) is 4.24. The van der Waals surface area contributed by atoms with E-state index in [2.05, 4.69) is 10.1 Å². The summed E-state index contributed by atoms with van der Waals surface area (Å²) in [5.74, 6) is -3.30. The van der Waals surface area contributed by atoms with Crippen LogP contribution in [0.4, 0.5) is 0 Å². The number of aromatic amines is 1. The van der Waals surface area contributed by atoms with Crippen molar-refractivity contribution in [2.75, 3.05) is 0 Å². The van der Waals surface area contributed by atoms with Crippen molar-refractivity contribution in [1.29, 1.82) is 0 Å². The van der Waals surface area contributed by atoms with Gasteiger partial charge in [-0.05, 0) is 26.8 Å². The molecule has 9 nitrogen and oxygen atoms in total. The van der Waals surface area contributed by atoms with Crippen LogP contribution in [-0.2, 0) is 16.1 Å². The van der Waals surface area contributed by atoms with Crippen LogP contribution in [-0.4, -0.2) is 42.0 Å². The molecule has 140 valence electrons. The molecule has 26 heavy (non-hydrogen) atoms. The number of aromatic nitrogens is 3. The van der Waals surface area contributed by atoms with Gasteiger partial charge in [-0.2, -0.15) is 5.10 Å². The maximum Gasteiger partial charge on any atom is 0.305 e. The van der Waals surface area contributed by atoms with Crippen molar-refractivity contribution in [3.05, 3.63) is 44.6 Å². The molecule has 0 aliphatic heterocycles. The summed E-state index contributed by atoms with van der Waals surface area (Å²) in [6.45, 7) is 5.08. The van der Waals surface area contributed by atoms with E-state index < -0.39 is 29.8 Å². The summed E-state index contributed by atoms with van der Waals surface area (Å²) >= 11 is 0. The number of hydrogen-bond donors (Lipinski definition) is 4. The van der Waals surface area contributed by atoms with E-state index in [0.29, 0.717) is 22.6 Å². The van der Waals surface area contributed by atoms with E-state index in [1.54, 1.807) is 20.8 Å². The Hall–Kier alpha value is -3.10. The second-order valence-electron chi connectivity index (χ2n) is 6.18. The zero-order chi connectivity index (χ0) is 19.6. The van der Waals surface area contributed by atoms with Crippen molar-refractivity contribution in [2.45, 2.75) is 46.1 Å². The number of hydrogen-bond acceptors (Lipinski definition) is 5. The first-order valence-electron chi connectivity index (χ1n) is 8.02. The van der Waals surface area contributed by atoms with E-state index in [1.807, 2.05) is 0 Å². The molecule has 1 atom stereocenters. The fourth-order valence-electron chi connectivity index (χ4n) is 3.18. The fourth-order valence-corrected chi connectivity index (χ4v) is 3.18. The van der Waals surface area contributed by atoms with Crippen LogP contribution < -0.4 is 5.56 Å². The highest BCUT2D eigenvalue weighted by Gasteiger charge is 2.29. The lowest BCUT2D eigenvalue weighted by molar-refractivity contribution is -0.138. The van der Waals surface area contributed by atoms with Gasteiger partial charge in [0, 0.05) is 22.9 Å². The number of aromatic hydroxyl groups is 1. The lowest BCUT2D eigenvalue weighted by Crippen LogP contribution is -2.21. The summed E-state index contributed by atoms with van der Waals surface area (Å²) in [5.41, 5.74) is 1.40. The molecule has 0 bridgehead atoms. The van der Waals surface area contributed by atoms with Gasteiger partial charge in [-0.3, -0.25) is 19.1 Å². The Balaban J connectivity index is 2.61.